The van der Waals surface area contributed by atoms with Crippen molar-refractivity contribution in [2.75, 3.05) is 17.7 Å². The molecule has 5 nitrogen and oxygen atoms in total. The first-order valence-electron chi connectivity index (χ1n) is 8.19. The van der Waals surface area contributed by atoms with Crippen molar-refractivity contribution in [3.05, 3.63) is 74.7 Å². The van der Waals surface area contributed by atoms with Gasteiger partial charge in [0.25, 0.3) is 11.8 Å². The minimum atomic E-state index is -0.735. The summed E-state index contributed by atoms with van der Waals surface area (Å²) < 4.78 is 19.2. The van der Waals surface area contributed by atoms with E-state index in [1.165, 1.54) is 30.6 Å². The van der Waals surface area contributed by atoms with E-state index in [2.05, 4.69) is 10.6 Å². The second-order valence-corrected chi connectivity index (χ2v) is 7.23. The third-order valence-corrected chi connectivity index (χ3v) is 5.20. The number of nitrogens with one attached hydrogen (secondary N) is 2. The Morgan fingerprint density at radius 3 is 2.50 bits per heavy atom. The summed E-state index contributed by atoms with van der Waals surface area (Å²) in [6.07, 6.45) is 0. The lowest BCUT2D eigenvalue weighted by atomic mass is 10.2. The zero-order chi connectivity index (χ0) is 20.3. The maximum atomic E-state index is 14.0. The molecule has 2 amide bonds. The standard InChI is InChI=1S/C20H16ClFN2O3S/c1-11-7-8-28-18(11)20(26)23-13-4-6-17(27-2)16(10-13)24-19(25)14-5-3-12(21)9-15(14)22/h3-10H,1-2H3,(H,23,26)(H,24,25). The number of anilines is 2. The predicted molar refractivity (Wildman–Crippen MR) is 109 cm³/mol. The number of halogens is 2. The van der Waals surface area contributed by atoms with Crippen LogP contribution in [-0.4, -0.2) is 18.9 Å². The number of rotatable bonds is 5. The number of thiophene rings is 1. The molecule has 0 aliphatic carbocycles. The lowest BCUT2D eigenvalue weighted by Crippen LogP contribution is -2.15. The van der Waals surface area contributed by atoms with Crippen LogP contribution in [0.1, 0.15) is 25.6 Å². The first-order valence-corrected chi connectivity index (χ1v) is 9.44. The third-order valence-electron chi connectivity index (χ3n) is 3.95. The summed E-state index contributed by atoms with van der Waals surface area (Å²) in [6.45, 7) is 1.85. The molecule has 2 N–H and O–H groups in total. The van der Waals surface area contributed by atoms with Gasteiger partial charge in [-0.15, -0.1) is 11.3 Å². The summed E-state index contributed by atoms with van der Waals surface area (Å²) in [4.78, 5) is 25.4. The lowest BCUT2D eigenvalue weighted by Gasteiger charge is -2.13. The average molecular weight is 419 g/mol. The van der Waals surface area contributed by atoms with Crippen molar-refractivity contribution in [1.82, 2.24) is 0 Å². The molecule has 0 spiro atoms. The minimum absolute atomic E-state index is 0.157. The van der Waals surface area contributed by atoms with E-state index in [0.29, 0.717) is 22.0 Å². The van der Waals surface area contributed by atoms with Gasteiger partial charge in [0.05, 0.1) is 23.2 Å². The van der Waals surface area contributed by atoms with Crippen LogP contribution in [0.2, 0.25) is 5.02 Å². The van der Waals surface area contributed by atoms with Crippen molar-refractivity contribution in [3.8, 4) is 5.75 Å². The third kappa shape index (κ3) is 4.32. The molecule has 0 saturated carbocycles. The predicted octanol–water partition coefficient (Wildman–Crippen LogP) is 5.36. The molecule has 28 heavy (non-hydrogen) atoms. The quantitative estimate of drug-likeness (QED) is 0.586. The Morgan fingerprint density at radius 1 is 1.07 bits per heavy atom. The van der Waals surface area contributed by atoms with Crippen LogP contribution in [0.5, 0.6) is 5.75 Å². The number of ether oxygens (including phenoxy) is 1. The molecule has 1 aromatic heterocycles. The number of carbonyl (C=O) groups is 2. The van der Waals surface area contributed by atoms with Crippen molar-refractivity contribution in [2.24, 2.45) is 0 Å². The van der Waals surface area contributed by atoms with Crippen LogP contribution in [0.15, 0.2) is 47.8 Å². The van der Waals surface area contributed by atoms with Crippen molar-refractivity contribution in [1.29, 1.82) is 0 Å². The van der Waals surface area contributed by atoms with Gasteiger partial charge < -0.3 is 15.4 Å². The maximum Gasteiger partial charge on any atom is 0.265 e. The van der Waals surface area contributed by atoms with E-state index in [4.69, 9.17) is 16.3 Å². The van der Waals surface area contributed by atoms with Gasteiger partial charge in [0.1, 0.15) is 11.6 Å². The molecule has 0 bridgehead atoms. The number of hydrogen-bond donors (Lipinski definition) is 2. The monoisotopic (exact) mass is 418 g/mol. The summed E-state index contributed by atoms with van der Waals surface area (Å²) in [5.74, 6) is -1.28. The molecule has 3 aromatic rings. The second kappa shape index (κ2) is 8.41. The number of aryl methyl sites for hydroxylation is 1. The van der Waals surface area contributed by atoms with Crippen LogP contribution < -0.4 is 15.4 Å². The van der Waals surface area contributed by atoms with Crippen LogP contribution in [-0.2, 0) is 0 Å². The van der Waals surface area contributed by atoms with E-state index < -0.39 is 11.7 Å². The summed E-state index contributed by atoms with van der Waals surface area (Å²) in [6, 6.07) is 10.4. The van der Waals surface area contributed by atoms with E-state index in [0.717, 1.165) is 11.6 Å². The fourth-order valence-electron chi connectivity index (χ4n) is 2.54. The molecule has 1 heterocycles. The number of amides is 2. The van der Waals surface area contributed by atoms with Crippen LogP contribution in [0.3, 0.4) is 0 Å². The number of hydrogen-bond acceptors (Lipinski definition) is 4. The van der Waals surface area contributed by atoms with Crippen molar-refractivity contribution in [2.45, 2.75) is 6.92 Å². The minimum Gasteiger partial charge on any atom is -0.495 e. The smallest absolute Gasteiger partial charge is 0.265 e. The van der Waals surface area contributed by atoms with Gasteiger partial charge in [-0.25, -0.2) is 4.39 Å². The molecule has 0 fully saturated rings. The molecule has 0 aliphatic rings. The Bertz CT molecular complexity index is 1050. The van der Waals surface area contributed by atoms with Crippen molar-refractivity contribution < 1.29 is 18.7 Å². The van der Waals surface area contributed by atoms with E-state index in [1.54, 1.807) is 18.2 Å². The molecule has 0 saturated heterocycles. The molecule has 8 heteroatoms. The second-order valence-electron chi connectivity index (χ2n) is 5.88. The Kier molecular flexibility index (Phi) is 5.96. The molecule has 2 aromatic carbocycles. The van der Waals surface area contributed by atoms with Crippen molar-refractivity contribution >= 4 is 46.1 Å². The topological polar surface area (TPSA) is 67.4 Å². The van der Waals surface area contributed by atoms with Gasteiger partial charge in [-0.05, 0) is 60.3 Å². The molecule has 0 aliphatic heterocycles. The highest BCUT2D eigenvalue weighted by atomic mass is 35.5. The van der Waals surface area contributed by atoms with E-state index >= 15 is 0 Å². The Morgan fingerprint density at radius 2 is 1.86 bits per heavy atom. The summed E-state index contributed by atoms with van der Waals surface area (Å²) >= 11 is 7.06. The Balaban J connectivity index is 1.84. The summed E-state index contributed by atoms with van der Waals surface area (Å²) in [5, 5.41) is 7.42. The van der Waals surface area contributed by atoms with Crippen LogP contribution >= 0.6 is 22.9 Å². The van der Waals surface area contributed by atoms with Crippen molar-refractivity contribution in [3.63, 3.8) is 0 Å². The molecular formula is C20H16ClFN2O3S. The van der Waals surface area contributed by atoms with Crippen LogP contribution in [0.25, 0.3) is 0 Å². The summed E-state index contributed by atoms with van der Waals surface area (Å²) in [7, 11) is 1.45. The summed E-state index contributed by atoms with van der Waals surface area (Å²) in [5.41, 5.74) is 1.48. The highest BCUT2D eigenvalue weighted by molar-refractivity contribution is 7.12. The van der Waals surface area contributed by atoms with Gasteiger partial charge in [0.2, 0.25) is 0 Å². The Labute approximate surface area is 170 Å². The van der Waals surface area contributed by atoms with Gasteiger partial charge in [-0.1, -0.05) is 11.6 Å². The van der Waals surface area contributed by atoms with Gasteiger partial charge in [0.15, 0.2) is 0 Å². The van der Waals surface area contributed by atoms with Crippen LogP contribution in [0.4, 0.5) is 15.8 Å². The van der Waals surface area contributed by atoms with Gasteiger partial charge in [-0.2, -0.15) is 0 Å². The SMILES string of the molecule is COc1ccc(NC(=O)c2sccc2C)cc1NC(=O)c1ccc(Cl)cc1F. The molecular weight excluding hydrogens is 403 g/mol. The highest BCUT2D eigenvalue weighted by Gasteiger charge is 2.16. The molecule has 3 rings (SSSR count). The normalized spacial score (nSPS) is 10.4. The fraction of sp³-hybridized carbons (Fsp3) is 0.100. The number of methoxy groups -OCH3 is 1. The van der Waals surface area contributed by atoms with Gasteiger partial charge >= 0.3 is 0 Å². The average Bonchev–Trinajstić information content (AvgIpc) is 3.08. The highest BCUT2D eigenvalue weighted by Crippen LogP contribution is 2.29. The fourth-order valence-corrected chi connectivity index (χ4v) is 3.52. The zero-order valence-electron chi connectivity index (χ0n) is 15.0. The van der Waals surface area contributed by atoms with Crippen LogP contribution in [0, 0.1) is 12.7 Å². The van der Waals surface area contributed by atoms with Gasteiger partial charge in [-0.3, -0.25) is 9.59 Å². The van der Waals surface area contributed by atoms with E-state index in [9.17, 15) is 14.0 Å². The van der Waals surface area contributed by atoms with E-state index in [1.807, 2.05) is 18.4 Å². The lowest BCUT2D eigenvalue weighted by molar-refractivity contribution is 0.101. The molecule has 0 unspecified atom stereocenters. The zero-order valence-corrected chi connectivity index (χ0v) is 16.6. The largest absolute Gasteiger partial charge is 0.495 e. The number of benzene rings is 2. The first kappa shape index (κ1) is 19.9. The molecule has 0 atom stereocenters. The Hall–Kier alpha value is -2.90. The van der Waals surface area contributed by atoms with E-state index in [-0.39, 0.29) is 16.5 Å². The first-order chi connectivity index (χ1) is 13.4. The molecule has 0 radical (unpaired) electrons. The maximum absolute atomic E-state index is 14.0. The number of carbonyl (C=O) groups excluding carboxylic acids is 2. The molecule has 144 valence electrons. The van der Waals surface area contributed by atoms with Gasteiger partial charge in [0, 0.05) is 10.7 Å².